The van der Waals surface area contributed by atoms with Crippen LogP contribution in [0.15, 0.2) is 22.6 Å². The molecular weight excluding hydrogens is 236 g/mol. The zero-order chi connectivity index (χ0) is 14.2. The third kappa shape index (κ3) is 2.44. The minimum Gasteiger partial charge on any atom is -0.466 e. The average Bonchev–Trinajstić information content (AvgIpc) is 2.59. The molecule has 19 heavy (non-hydrogen) atoms. The molecule has 3 nitrogen and oxygen atoms in total. The van der Waals surface area contributed by atoms with E-state index in [4.69, 9.17) is 10.3 Å². The summed E-state index contributed by atoms with van der Waals surface area (Å²) in [7, 11) is 0. The Morgan fingerprint density at radius 2 is 1.74 bits per heavy atom. The van der Waals surface area contributed by atoms with Crippen molar-refractivity contribution < 1.29 is 4.42 Å². The Hall–Kier alpha value is -1.58. The minimum absolute atomic E-state index is 0.0296. The molecule has 2 rings (SSSR count). The number of hydrogen-bond acceptors (Lipinski definition) is 3. The first-order valence-electron chi connectivity index (χ1n) is 6.55. The van der Waals surface area contributed by atoms with Crippen LogP contribution in [0, 0.1) is 34.6 Å². The van der Waals surface area contributed by atoms with Gasteiger partial charge in [0.1, 0.15) is 11.5 Å². The van der Waals surface area contributed by atoms with Crippen molar-refractivity contribution in [2.45, 2.75) is 40.7 Å². The molecule has 0 aliphatic rings. The van der Waals surface area contributed by atoms with Crippen LogP contribution in [0.5, 0.6) is 0 Å². The number of hydrogen-bond donors (Lipinski definition) is 2. The van der Waals surface area contributed by atoms with Gasteiger partial charge in [0.25, 0.3) is 0 Å². The number of rotatable bonds is 3. The molecule has 0 aliphatic carbocycles. The van der Waals surface area contributed by atoms with E-state index in [1.54, 1.807) is 0 Å². The molecule has 1 heterocycles. The van der Waals surface area contributed by atoms with Crippen LogP contribution >= 0.6 is 0 Å². The first-order valence-corrected chi connectivity index (χ1v) is 6.55. The molecular formula is C16H22N2O. The lowest BCUT2D eigenvalue weighted by Gasteiger charge is -2.19. The van der Waals surface area contributed by atoms with Gasteiger partial charge < -0.3 is 4.42 Å². The van der Waals surface area contributed by atoms with Crippen LogP contribution in [0.2, 0.25) is 0 Å². The SMILES string of the molecule is Cc1ccc(C(NN)c2c(C)oc(C)c2C)c(C)c1. The monoisotopic (exact) mass is 258 g/mol. The number of nitrogens with two attached hydrogens (primary N) is 1. The fourth-order valence-corrected chi connectivity index (χ4v) is 2.71. The normalized spacial score (nSPS) is 12.7. The fraction of sp³-hybridized carbons (Fsp3) is 0.375. The Morgan fingerprint density at radius 1 is 1.05 bits per heavy atom. The molecule has 0 radical (unpaired) electrons. The van der Waals surface area contributed by atoms with E-state index in [9.17, 15) is 0 Å². The van der Waals surface area contributed by atoms with E-state index < -0.39 is 0 Å². The maximum absolute atomic E-state index is 5.80. The zero-order valence-corrected chi connectivity index (χ0v) is 12.3. The van der Waals surface area contributed by atoms with Crippen LogP contribution in [0.4, 0.5) is 0 Å². The maximum atomic E-state index is 5.80. The van der Waals surface area contributed by atoms with Crippen molar-refractivity contribution in [2.24, 2.45) is 5.84 Å². The summed E-state index contributed by atoms with van der Waals surface area (Å²) >= 11 is 0. The van der Waals surface area contributed by atoms with Gasteiger partial charge >= 0.3 is 0 Å². The molecule has 2 aromatic rings. The first kappa shape index (κ1) is 13.8. The predicted octanol–water partition coefficient (Wildman–Crippen LogP) is 3.37. The van der Waals surface area contributed by atoms with Crippen LogP contribution in [-0.4, -0.2) is 0 Å². The highest BCUT2D eigenvalue weighted by molar-refractivity contribution is 5.44. The molecule has 1 unspecified atom stereocenters. The quantitative estimate of drug-likeness (QED) is 0.655. The van der Waals surface area contributed by atoms with Crippen molar-refractivity contribution in [1.29, 1.82) is 0 Å². The Bertz CT molecular complexity index is 599. The van der Waals surface area contributed by atoms with Crippen molar-refractivity contribution >= 4 is 0 Å². The van der Waals surface area contributed by atoms with Crippen molar-refractivity contribution in [1.82, 2.24) is 5.43 Å². The Morgan fingerprint density at radius 3 is 2.21 bits per heavy atom. The van der Waals surface area contributed by atoms with Gasteiger partial charge in [0.2, 0.25) is 0 Å². The van der Waals surface area contributed by atoms with Crippen LogP contribution in [0.3, 0.4) is 0 Å². The summed E-state index contributed by atoms with van der Waals surface area (Å²) in [6.45, 7) is 10.3. The third-order valence-electron chi connectivity index (χ3n) is 3.81. The van der Waals surface area contributed by atoms with Crippen LogP contribution < -0.4 is 11.3 Å². The van der Waals surface area contributed by atoms with Crippen molar-refractivity contribution in [3.8, 4) is 0 Å². The standard InChI is InChI=1S/C16H22N2O/c1-9-6-7-14(10(2)8-9)16(18-17)15-11(3)12(4)19-13(15)5/h6-8,16,18H,17H2,1-5H3. The van der Waals surface area contributed by atoms with Gasteiger partial charge in [-0.2, -0.15) is 0 Å². The summed E-state index contributed by atoms with van der Waals surface area (Å²) < 4.78 is 5.72. The van der Waals surface area contributed by atoms with E-state index in [-0.39, 0.29) is 6.04 Å². The van der Waals surface area contributed by atoms with Gasteiger partial charge in [-0.05, 0) is 51.3 Å². The van der Waals surface area contributed by atoms with Gasteiger partial charge in [-0.15, -0.1) is 0 Å². The molecule has 0 aliphatic heterocycles. The van der Waals surface area contributed by atoms with Crippen molar-refractivity contribution in [3.05, 3.63) is 57.5 Å². The van der Waals surface area contributed by atoms with Gasteiger partial charge in [0.15, 0.2) is 0 Å². The highest BCUT2D eigenvalue weighted by atomic mass is 16.3. The number of furan rings is 1. The largest absolute Gasteiger partial charge is 0.466 e. The van der Waals surface area contributed by atoms with Crippen LogP contribution in [-0.2, 0) is 0 Å². The molecule has 0 amide bonds. The second-order valence-electron chi connectivity index (χ2n) is 5.21. The molecule has 1 aromatic carbocycles. The summed E-state index contributed by atoms with van der Waals surface area (Å²) in [5, 5.41) is 0. The Kier molecular flexibility index (Phi) is 3.78. The lowest BCUT2D eigenvalue weighted by molar-refractivity contribution is 0.494. The smallest absolute Gasteiger partial charge is 0.106 e. The molecule has 0 saturated heterocycles. The molecule has 0 spiro atoms. The fourth-order valence-electron chi connectivity index (χ4n) is 2.71. The van der Waals surface area contributed by atoms with Crippen LogP contribution in [0.1, 0.15) is 45.4 Å². The van der Waals surface area contributed by atoms with Crippen molar-refractivity contribution in [3.63, 3.8) is 0 Å². The molecule has 3 N–H and O–H groups in total. The van der Waals surface area contributed by atoms with E-state index >= 15 is 0 Å². The van der Waals surface area contributed by atoms with Gasteiger partial charge in [0.05, 0.1) is 6.04 Å². The zero-order valence-electron chi connectivity index (χ0n) is 12.3. The number of nitrogens with one attached hydrogen (secondary N) is 1. The number of benzene rings is 1. The third-order valence-corrected chi connectivity index (χ3v) is 3.81. The summed E-state index contributed by atoms with van der Waals surface area (Å²) in [4.78, 5) is 0. The van der Waals surface area contributed by atoms with E-state index in [1.807, 2.05) is 13.8 Å². The molecule has 3 heteroatoms. The molecule has 0 saturated carbocycles. The van der Waals surface area contributed by atoms with Crippen molar-refractivity contribution in [2.75, 3.05) is 0 Å². The predicted molar refractivity (Wildman–Crippen MR) is 78.0 cm³/mol. The highest BCUT2D eigenvalue weighted by Crippen LogP contribution is 2.32. The maximum Gasteiger partial charge on any atom is 0.106 e. The molecule has 1 atom stereocenters. The van der Waals surface area contributed by atoms with E-state index in [2.05, 4.69) is 44.4 Å². The summed E-state index contributed by atoms with van der Waals surface area (Å²) in [6, 6.07) is 6.40. The van der Waals surface area contributed by atoms with Gasteiger partial charge in [-0.3, -0.25) is 5.84 Å². The van der Waals surface area contributed by atoms with Gasteiger partial charge in [0, 0.05) is 5.56 Å². The number of hydrazine groups is 1. The van der Waals surface area contributed by atoms with E-state index in [0.29, 0.717) is 0 Å². The molecule has 0 bridgehead atoms. The summed E-state index contributed by atoms with van der Waals surface area (Å²) in [5.74, 6) is 7.68. The van der Waals surface area contributed by atoms with E-state index in [1.165, 1.54) is 22.3 Å². The summed E-state index contributed by atoms with van der Waals surface area (Å²) in [5.41, 5.74) is 8.93. The first-order chi connectivity index (χ1) is 8.95. The minimum atomic E-state index is -0.0296. The van der Waals surface area contributed by atoms with Gasteiger partial charge in [-0.25, -0.2) is 5.43 Å². The highest BCUT2D eigenvalue weighted by Gasteiger charge is 2.22. The molecule has 1 aromatic heterocycles. The second-order valence-corrected chi connectivity index (χ2v) is 5.21. The lowest BCUT2D eigenvalue weighted by Crippen LogP contribution is -2.30. The van der Waals surface area contributed by atoms with Crippen LogP contribution in [0.25, 0.3) is 0 Å². The average molecular weight is 258 g/mol. The Balaban J connectivity index is 2.56. The topological polar surface area (TPSA) is 51.2 Å². The molecule has 102 valence electrons. The second kappa shape index (κ2) is 5.19. The lowest BCUT2D eigenvalue weighted by atomic mass is 9.92. The summed E-state index contributed by atoms with van der Waals surface area (Å²) in [6.07, 6.45) is 0. The molecule has 0 fully saturated rings. The van der Waals surface area contributed by atoms with Gasteiger partial charge in [-0.1, -0.05) is 23.8 Å². The Labute approximate surface area is 114 Å². The van der Waals surface area contributed by atoms with E-state index in [0.717, 1.165) is 17.1 Å². The number of aryl methyl sites for hydroxylation is 4.